The van der Waals surface area contributed by atoms with Crippen LogP contribution in [-0.2, 0) is 11.2 Å². The number of aryl methyl sites for hydroxylation is 1. The van der Waals surface area contributed by atoms with Crippen molar-refractivity contribution in [2.75, 3.05) is 0 Å². The van der Waals surface area contributed by atoms with Gasteiger partial charge in [-0.15, -0.1) is 0 Å². The van der Waals surface area contributed by atoms with Crippen molar-refractivity contribution in [1.29, 1.82) is 0 Å². The Kier molecular flexibility index (Phi) is 4.29. The van der Waals surface area contributed by atoms with Gasteiger partial charge in [0.2, 0.25) is 5.91 Å². The summed E-state index contributed by atoms with van der Waals surface area (Å²) in [6, 6.07) is 10.7. The van der Waals surface area contributed by atoms with Gasteiger partial charge in [-0.05, 0) is 43.3 Å². The summed E-state index contributed by atoms with van der Waals surface area (Å²) in [5.74, 6) is -1.33. The summed E-state index contributed by atoms with van der Waals surface area (Å²) in [5.41, 5.74) is 7.40. The molecule has 0 saturated carbocycles. The first-order chi connectivity index (χ1) is 11.5. The van der Waals surface area contributed by atoms with Crippen LogP contribution in [0.2, 0.25) is 0 Å². The number of amides is 2. The number of hydrazine groups is 1. The summed E-state index contributed by atoms with van der Waals surface area (Å²) >= 11 is 0. The summed E-state index contributed by atoms with van der Waals surface area (Å²) in [6.07, 6.45) is 1.60. The van der Waals surface area contributed by atoms with E-state index in [0.717, 1.165) is 16.5 Å². The first-order valence-corrected chi connectivity index (χ1v) is 7.34. The Bertz CT molecular complexity index is 900. The van der Waals surface area contributed by atoms with E-state index in [2.05, 4.69) is 10.9 Å². The molecule has 0 fully saturated rings. The summed E-state index contributed by atoms with van der Waals surface area (Å²) in [5, 5.41) is 0.870. The van der Waals surface area contributed by atoms with Crippen molar-refractivity contribution in [3.05, 3.63) is 71.2 Å². The van der Waals surface area contributed by atoms with Crippen molar-refractivity contribution >= 4 is 22.8 Å². The average molecular weight is 326 g/mol. The number of nitrogens with one attached hydrogen (secondary N) is 2. The Morgan fingerprint density at radius 2 is 1.83 bits per heavy atom. The Balaban J connectivity index is 1.62. The molecule has 1 aromatic heterocycles. The van der Waals surface area contributed by atoms with Crippen LogP contribution in [0.15, 0.2) is 53.1 Å². The minimum atomic E-state index is -0.517. The van der Waals surface area contributed by atoms with Crippen molar-refractivity contribution in [2.24, 2.45) is 0 Å². The van der Waals surface area contributed by atoms with E-state index in [4.69, 9.17) is 4.42 Å². The van der Waals surface area contributed by atoms with Crippen molar-refractivity contribution in [2.45, 2.75) is 13.3 Å². The highest BCUT2D eigenvalue weighted by molar-refractivity contribution is 5.96. The second-order valence-electron chi connectivity index (χ2n) is 5.45. The normalized spacial score (nSPS) is 10.6. The smallest absolute Gasteiger partial charge is 0.269 e. The standard InChI is InChI=1S/C18H15FN2O3/c1-11-2-7-16-15(8-11)13(10-24-16)9-17(22)20-21-18(23)12-3-5-14(19)6-4-12/h2-8,10H,9H2,1H3,(H,20,22)(H,21,23). The van der Waals surface area contributed by atoms with Gasteiger partial charge in [-0.3, -0.25) is 20.4 Å². The highest BCUT2D eigenvalue weighted by Crippen LogP contribution is 2.22. The maximum atomic E-state index is 12.8. The zero-order valence-corrected chi connectivity index (χ0v) is 12.9. The van der Waals surface area contributed by atoms with Crippen LogP contribution >= 0.6 is 0 Å². The molecule has 0 saturated heterocycles. The van der Waals surface area contributed by atoms with E-state index in [-0.39, 0.29) is 17.9 Å². The molecule has 5 nitrogen and oxygen atoms in total. The zero-order valence-electron chi connectivity index (χ0n) is 12.9. The Morgan fingerprint density at radius 1 is 1.08 bits per heavy atom. The predicted molar refractivity (Wildman–Crippen MR) is 86.7 cm³/mol. The maximum absolute atomic E-state index is 12.8. The molecule has 0 radical (unpaired) electrons. The number of furan rings is 1. The molecule has 6 heteroatoms. The molecule has 1 heterocycles. The van der Waals surface area contributed by atoms with Gasteiger partial charge in [-0.1, -0.05) is 11.6 Å². The number of fused-ring (bicyclic) bond motifs is 1. The maximum Gasteiger partial charge on any atom is 0.269 e. The summed E-state index contributed by atoms with van der Waals surface area (Å²) in [6.45, 7) is 1.96. The molecule has 0 unspecified atom stereocenters. The van der Waals surface area contributed by atoms with Crippen molar-refractivity contribution in [1.82, 2.24) is 10.9 Å². The van der Waals surface area contributed by atoms with E-state index in [1.54, 1.807) is 0 Å². The van der Waals surface area contributed by atoms with Crippen molar-refractivity contribution in [3.63, 3.8) is 0 Å². The first-order valence-electron chi connectivity index (χ1n) is 7.34. The van der Waals surface area contributed by atoms with Crippen LogP contribution < -0.4 is 10.9 Å². The minimum Gasteiger partial charge on any atom is -0.464 e. The lowest BCUT2D eigenvalue weighted by Gasteiger charge is -2.07. The number of halogens is 1. The Hall–Kier alpha value is -3.15. The Morgan fingerprint density at radius 3 is 2.58 bits per heavy atom. The number of carbonyl (C=O) groups is 2. The fourth-order valence-corrected chi connectivity index (χ4v) is 2.35. The van der Waals surface area contributed by atoms with Gasteiger partial charge in [-0.25, -0.2) is 4.39 Å². The summed E-state index contributed by atoms with van der Waals surface area (Å²) in [7, 11) is 0. The van der Waals surface area contributed by atoms with Gasteiger partial charge in [0.15, 0.2) is 0 Å². The molecule has 122 valence electrons. The third-order valence-corrected chi connectivity index (χ3v) is 3.58. The van der Waals surface area contributed by atoms with E-state index in [1.807, 2.05) is 25.1 Å². The molecule has 0 aliphatic heterocycles. The van der Waals surface area contributed by atoms with Crippen LogP contribution in [0, 0.1) is 12.7 Å². The molecule has 0 aliphatic carbocycles. The third kappa shape index (κ3) is 3.43. The molecule has 0 atom stereocenters. The molecule has 2 aromatic carbocycles. The SMILES string of the molecule is Cc1ccc2occ(CC(=O)NNC(=O)c3ccc(F)cc3)c2c1. The first kappa shape index (κ1) is 15.7. The Labute approximate surface area is 137 Å². The largest absolute Gasteiger partial charge is 0.464 e. The van der Waals surface area contributed by atoms with Crippen LogP contribution in [0.3, 0.4) is 0 Å². The molecule has 0 bridgehead atoms. The van der Waals surface area contributed by atoms with E-state index in [9.17, 15) is 14.0 Å². The lowest BCUT2D eigenvalue weighted by atomic mass is 10.1. The van der Waals surface area contributed by atoms with Gasteiger partial charge in [0.1, 0.15) is 11.4 Å². The third-order valence-electron chi connectivity index (χ3n) is 3.58. The molecule has 24 heavy (non-hydrogen) atoms. The molecular formula is C18H15FN2O3. The number of carbonyl (C=O) groups excluding carboxylic acids is 2. The topological polar surface area (TPSA) is 71.3 Å². The monoisotopic (exact) mass is 326 g/mol. The van der Waals surface area contributed by atoms with Crippen LogP contribution in [0.5, 0.6) is 0 Å². The second-order valence-corrected chi connectivity index (χ2v) is 5.45. The molecule has 2 N–H and O–H groups in total. The fourth-order valence-electron chi connectivity index (χ4n) is 2.35. The van der Waals surface area contributed by atoms with E-state index in [0.29, 0.717) is 5.58 Å². The highest BCUT2D eigenvalue weighted by Gasteiger charge is 2.12. The van der Waals surface area contributed by atoms with E-state index < -0.39 is 11.7 Å². The molecule has 0 aliphatic rings. The lowest BCUT2D eigenvalue weighted by Crippen LogP contribution is -2.42. The average Bonchev–Trinajstić information content (AvgIpc) is 2.95. The lowest BCUT2D eigenvalue weighted by molar-refractivity contribution is -0.121. The quantitative estimate of drug-likeness (QED) is 0.727. The van der Waals surface area contributed by atoms with Gasteiger partial charge in [-0.2, -0.15) is 0 Å². The van der Waals surface area contributed by atoms with Crippen LogP contribution in [-0.4, -0.2) is 11.8 Å². The van der Waals surface area contributed by atoms with E-state index >= 15 is 0 Å². The van der Waals surface area contributed by atoms with Gasteiger partial charge in [0.25, 0.3) is 5.91 Å². The number of rotatable bonds is 3. The van der Waals surface area contributed by atoms with Crippen LogP contribution in [0.25, 0.3) is 11.0 Å². The van der Waals surface area contributed by atoms with E-state index in [1.165, 1.54) is 30.5 Å². The summed E-state index contributed by atoms with van der Waals surface area (Å²) in [4.78, 5) is 23.9. The van der Waals surface area contributed by atoms with Gasteiger partial charge < -0.3 is 4.42 Å². The van der Waals surface area contributed by atoms with Crippen molar-refractivity contribution < 1.29 is 18.4 Å². The number of benzene rings is 2. The van der Waals surface area contributed by atoms with Crippen LogP contribution in [0.1, 0.15) is 21.5 Å². The molecule has 3 aromatic rings. The summed E-state index contributed by atoms with van der Waals surface area (Å²) < 4.78 is 18.2. The number of hydrogen-bond acceptors (Lipinski definition) is 3. The molecule has 2 amide bonds. The predicted octanol–water partition coefficient (Wildman–Crippen LogP) is 2.88. The molecule has 3 rings (SSSR count). The zero-order chi connectivity index (χ0) is 17.1. The second kappa shape index (κ2) is 6.54. The fraction of sp³-hybridized carbons (Fsp3) is 0.111. The van der Waals surface area contributed by atoms with Gasteiger partial charge in [0.05, 0.1) is 12.7 Å². The number of hydrogen-bond donors (Lipinski definition) is 2. The highest BCUT2D eigenvalue weighted by atomic mass is 19.1. The molecular weight excluding hydrogens is 311 g/mol. The van der Waals surface area contributed by atoms with Gasteiger partial charge >= 0.3 is 0 Å². The van der Waals surface area contributed by atoms with Crippen LogP contribution in [0.4, 0.5) is 4.39 Å². The minimum absolute atomic E-state index is 0.0696. The van der Waals surface area contributed by atoms with Gasteiger partial charge in [0, 0.05) is 16.5 Å². The molecule has 0 spiro atoms. The van der Waals surface area contributed by atoms with Crippen molar-refractivity contribution in [3.8, 4) is 0 Å².